The maximum Gasteiger partial charge on any atom is 0.165 e. The molecule has 0 aliphatic heterocycles. The van der Waals surface area contributed by atoms with Gasteiger partial charge in [0.1, 0.15) is 0 Å². The van der Waals surface area contributed by atoms with Gasteiger partial charge in [-0.05, 0) is 41.6 Å². The van der Waals surface area contributed by atoms with Crippen LogP contribution in [0.25, 0.3) is 0 Å². The molecule has 1 N–H and O–H groups in total. The van der Waals surface area contributed by atoms with Gasteiger partial charge in [0, 0.05) is 6.54 Å². The van der Waals surface area contributed by atoms with Gasteiger partial charge in [-0.25, -0.2) is 4.68 Å². The fraction of sp³-hybridized carbons (Fsp3) is 0.923. The zero-order chi connectivity index (χ0) is 12.8. The second-order valence-corrected chi connectivity index (χ2v) is 5.48. The molecule has 0 spiro atoms. The molecule has 5 nitrogen and oxygen atoms in total. The maximum absolute atomic E-state index is 4.14. The molecule has 0 bridgehead atoms. The molecule has 1 fully saturated rings. The van der Waals surface area contributed by atoms with Gasteiger partial charge < -0.3 is 5.32 Å². The van der Waals surface area contributed by atoms with E-state index in [4.69, 9.17) is 0 Å². The zero-order valence-corrected chi connectivity index (χ0v) is 11.6. The van der Waals surface area contributed by atoms with Crippen LogP contribution < -0.4 is 5.32 Å². The van der Waals surface area contributed by atoms with Crippen LogP contribution in [0.4, 0.5) is 0 Å². The van der Waals surface area contributed by atoms with E-state index in [1.807, 2.05) is 4.68 Å². The fourth-order valence-corrected chi connectivity index (χ4v) is 2.76. The van der Waals surface area contributed by atoms with Crippen molar-refractivity contribution in [3.8, 4) is 0 Å². The summed E-state index contributed by atoms with van der Waals surface area (Å²) in [7, 11) is 0. The Labute approximate surface area is 109 Å². The van der Waals surface area contributed by atoms with Crippen molar-refractivity contribution in [2.24, 2.45) is 11.8 Å². The molecule has 2 unspecified atom stereocenters. The van der Waals surface area contributed by atoms with Crippen molar-refractivity contribution in [3.05, 3.63) is 5.82 Å². The lowest BCUT2D eigenvalue weighted by Crippen LogP contribution is -2.25. The van der Waals surface area contributed by atoms with Crippen LogP contribution in [0.3, 0.4) is 0 Å². The van der Waals surface area contributed by atoms with E-state index in [9.17, 15) is 0 Å². The number of hydrogen-bond donors (Lipinski definition) is 1. The third-order valence-corrected chi connectivity index (χ3v) is 4.01. The highest BCUT2D eigenvalue weighted by molar-refractivity contribution is 4.82. The van der Waals surface area contributed by atoms with Gasteiger partial charge in [-0.3, -0.25) is 0 Å². The largest absolute Gasteiger partial charge is 0.310 e. The van der Waals surface area contributed by atoms with Crippen molar-refractivity contribution in [3.63, 3.8) is 0 Å². The summed E-state index contributed by atoms with van der Waals surface area (Å²) in [6, 6.07) is 0. The quantitative estimate of drug-likeness (QED) is 0.786. The third-order valence-electron chi connectivity index (χ3n) is 4.01. The van der Waals surface area contributed by atoms with Crippen LogP contribution >= 0.6 is 0 Å². The molecule has 1 aliphatic rings. The fourth-order valence-electron chi connectivity index (χ4n) is 2.76. The third kappa shape index (κ3) is 3.51. The molecule has 5 heteroatoms. The molecule has 0 amide bonds. The van der Waals surface area contributed by atoms with Crippen molar-refractivity contribution in [1.82, 2.24) is 25.5 Å². The molecule has 1 heterocycles. The minimum absolute atomic E-state index is 0.743. The highest BCUT2D eigenvalue weighted by atomic mass is 15.5. The monoisotopic (exact) mass is 251 g/mol. The minimum Gasteiger partial charge on any atom is -0.310 e. The average Bonchev–Trinajstić information content (AvgIpc) is 2.80. The van der Waals surface area contributed by atoms with Crippen molar-refractivity contribution < 1.29 is 0 Å². The lowest BCUT2D eigenvalue weighted by molar-refractivity contribution is 0.218. The molecule has 1 aromatic heterocycles. The summed E-state index contributed by atoms with van der Waals surface area (Å²) in [5, 5.41) is 15.4. The molecule has 2 rings (SSSR count). The van der Waals surface area contributed by atoms with Gasteiger partial charge in [0.25, 0.3) is 0 Å². The number of aromatic nitrogens is 4. The van der Waals surface area contributed by atoms with Crippen LogP contribution in [-0.2, 0) is 13.1 Å². The Bertz CT molecular complexity index is 349. The SMILES string of the molecule is CCCNCc1nnnn1CC1CCCCC1C. The summed E-state index contributed by atoms with van der Waals surface area (Å²) in [6.45, 7) is 7.31. The summed E-state index contributed by atoms with van der Waals surface area (Å²) in [5.41, 5.74) is 0. The second kappa shape index (κ2) is 6.83. The number of tetrazole rings is 1. The minimum atomic E-state index is 0.743. The Morgan fingerprint density at radius 1 is 1.33 bits per heavy atom. The summed E-state index contributed by atoms with van der Waals surface area (Å²) in [4.78, 5) is 0. The van der Waals surface area contributed by atoms with Gasteiger partial charge in [-0.2, -0.15) is 0 Å². The van der Waals surface area contributed by atoms with E-state index >= 15 is 0 Å². The van der Waals surface area contributed by atoms with Crippen molar-refractivity contribution in [2.75, 3.05) is 6.54 Å². The van der Waals surface area contributed by atoms with E-state index in [1.54, 1.807) is 0 Å². The van der Waals surface area contributed by atoms with Crippen molar-refractivity contribution in [1.29, 1.82) is 0 Å². The van der Waals surface area contributed by atoms with Gasteiger partial charge in [0.2, 0.25) is 0 Å². The van der Waals surface area contributed by atoms with Gasteiger partial charge >= 0.3 is 0 Å². The number of nitrogens with zero attached hydrogens (tertiary/aromatic N) is 4. The normalized spacial score (nSPS) is 24.3. The predicted molar refractivity (Wildman–Crippen MR) is 70.9 cm³/mol. The van der Waals surface area contributed by atoms with Gasteiger partial charge in [0.05, 0.1) is 6.54 Å². The van der Waals surface area contributed by atoms with E-state index in [-0.39, 0.29) is 0 Å². The molecule has 102 valence electrons. The first-order chi connectivity index (χ1) is 8.81. The second-order valence-electron chi connectivity index (χ2n) is 5.48. The topological polar surface area (TPSA) is 55.6 Å². The Kier molecular flexibility index (Phi) is 5.11. The van der Waals surface area contributed by atoms with E-state index in [0.717, 1.165) is 43.7 Å². The summed E-state index contributed by atoms with van der Waals surface area (Å²) < 4.78 is 2.00. The number of nitrogens with one attached hydrogen (secondary N) is 1. The first-order valence-corrected chi connectivity index (χ1v) is 7.27. The molecule has 18 heavy (non-hydrogen) atoms. The van der Waals surface area contributed by atoms with E-state index in [2.05, 4.69) is 34.7 Å². The first-order valence-electron chi connectivity index (χ1n) is 7.27. The summed E-state index contributed by atoms with van der Waals surface area (Å²) in [5.74, 6) is 2.52. The Morgan fingerprint density at radius 3 is 2.94 bits per heavy atom. The van der Waals surface area contributed by atoms with Crippen LogP contribution in [0, 0.1) is 11.8 Å². The lowest BCUT2D eigenvalue weighted by Gasteiger charge is -2.28. The Balaban J connectivity index is 1.90. The molecule has 0 aromatic carbocycles. The molecular formula is C13H25N5. The van der Waals surface area contributed by atoms with Crippen LogP contribution in [-0.4, -0.2) is 26.8 Å². The van der Waals surface area contributed by atoms with Gasteiger partial charge in [0.15, 0.2) is 5.82 Å². The van der Waals surface area contributed by atoms with E-state index in [1.165, 1.54) is 25.7 Å². The maximum atomic E-state index is 4.14. The first kappa shape index (κ1) is 13.5. The molecular weight excluding hydrogens is 226 g/mol. The van der Waals surface area contributed by atoms with Crippen molar-refractivity contribution >= 4 is 0 Å². The predicted octanol–water partition coefficient (Wildman–Crippen LogP) is 2.00. The highest BCUT2D eigenvalue weighted by Gasteiger charge is 2.23. The molecule has 1 aromatic rings. The van der Waals surface area contributed by atoms with Crippen molar-refractivity contribution in [2.45, 2.75) is 59.0 Å². The van der Waals surface area contributed by atoms with E-state index in [0.29, 0.717) is 0 Å². The van der Waals surface area contributed by atoms with Gasteiger partial charge in [-0.15, -0.1) is 5.10 Å². The van der Waals surface area contributed by atoms with Gasteiger partial charge in [-0.1, -0.05) is 33.1 Å². The molecule has 1 aliphatic carbocycles. The van der Waals surface area contributed by atoms with Crippen LogP contribution in [0.15, 0.2) is 0 Å². The molecule has 0 saturated heterocycles. The van der Waals surface area contributed by atoms with E-state index < -0.39 is 0 Å². The van der Waals surface area contributed by atoms with Crippen LogP contribution in [0.2, 0.25) is 0 Å². The van der Waals surface area contributed by atoms with Crippen LogP contribution in [0.5, 0.6) is 0 Å². The standard InChI is InChI=1S/C13H25N5/c1-3-8-14-9-13-15-16-17-18(13)10-12-7-5-4-6-11(12)2/h11-12,14H,3-10H2,1-2H3. The smallest absolute Gasteiger partial charge is 0.165 e. The molecule has 2 atom stereocenters. The summed E-state index contributed by atoms with van der Waals surface area (Å²) in [6.07, 6.45) is 6.57. The Hall–Kier alpha value is -0.970. The molecule has 0 radical (unpaired) electrons. The number of hydrogen-bond acceptors (Lipinski definition) is 4. The Morgan fingerprint density at radius 2 is 2.17 bits per heavy atom. The lowest BCUT2D eigenvalue weighted by atomic mass is 9.80. The number of rotatable bonds is 6. The van der Waals surface area contributed by atoms with Crippen LogP contribution in [0.1, 0.15) is 51.8 Å². The summed E-state index contributed by atoms with van der Waals surface area (Å²) >= 11 is 0. The zero-order valence-electron chi connectivity index (χ0n) is 11.6. The molecule has 1 saturated carbocycles. The average molecular weight is 251 g/mol. The highest BCUT2D eigenvalue weighted by Crippen LogP contribution is 2.30.